The van der Waals surface area contributed by atoms with Gasteiger partial charge in [-0.1, -0.05) is 59.1 Å². The molecule has 196 valence electrons. The number of rotatable bonds is 7. The van der Waals surface area contributed by atoms with Crippen LogP contribution in [-0.4, -0.2) is 30.7 Å². The fourth-order valence-corrected chi connectivity index (χ4v) is 7.03. The van der Waals surface area contributed by atoms with Gasteiger partial charge in [-0.15, -0.1) is 0 Å². The first-order valence-corrected chi connectivity index (χ1v) is 14.5. The molecule has 0 spiro atoms. The Morgan fingerprint density at radius 1 is 0.816 bits per heavy atom. The quantitative estimate of drug-likeness (QED) is 0.225. The summed E-state index contributed by atoms with van der Waals surface area (Å²) >= 11 is 12.6. The van der Waals surface area contributed by atoms with Crippen LogP contribution >= 0.6 is 23.2 Å². The van der Waals surface area contributed by atoms with E-state index in [0.717, 1.165) is 38.5 Å². The highest BCUT2D eigenvalue weighted by Gasteiger charge is 2.30. The summed E-state index contributed by atoms with van der Waals surface area (Å²) < 4.78 is 31.3. The molecule has 0 saturated heterocycles. The van der Waals surface area contributed by atoms with E-state index >= 15 is 0 Å². The van der Waals surface area contributed by atoms with Crippen molar-refractivity contribution in [1.82, 2.24) is 4.57 Å². The summed E-state index contributed by atoms with van der Waals surface area (Å²) in [5.41, 5.74) is 4.93. The Bertz CT molecular complexity index is 1680. The smallest absolute Gasteiger partial charge is 0.264 e. The first-order chi connectivity index (χ1) is 18.1. The minimum absolute atomic E-state index is 0.121. The number of nitrogens with zero attached hydrogens (tertiary/aromatic N) is 2. The molecule has 1 atom stereocenters. The highest BCUT2D eigenvalue weighted by molar-refractivity contribution is 7.92. The minimum atomic E-state index is -3.96. The first-order valence-electron chi connectivity index (χ1n) is 12.3. The van der Waals surface area contributed by atoms with Crippen molar-refractivity contribution >= 4 is 60.7 Å². The molecule has 1 aromatic heterocycles. The first kappa shape index (κ1) is 26.6. The summed E-state index contributed by atoms with van der Waals surface area (Å²) in [4.78, 5) is 0.180. The van der Waals surface area contributed by atoms with E-state index in [-0.39, 0.29) is 18.0 Å². The molecule has 0 bridgehead atoms. The number of anilines is 1. The van der Waals surface area contributed by atoms with Crippen molar-refractivity contribution in [3.63, 3.8) is 0 Å². The van der Waals surface area contributed by atoms with Gasteiger partial charge in [-0.05, 0) is 80.4 Å². The third-order valence-electron chi connectivity index (χ3n) is 6.86. The second-order valence-electron chi connectivity index (χ2n) is 9.68. The highest BCUT2D eigenvalue weighted by atomic mass is 35.5. The SMILES string of the molecule is Cc1ccc(S(=O)(=O)N(CC(O)Cn2c3ccc(Cl)cc3c3cc(Cl)ccc32)c2c(C)cccc2C)cc1. The van der Waals surface area contributed by atoms with Crippen molar-refractivity contribution in [1.29, 1.82) is 0 Å². The van der Waals surface area contributed by atoms with Gasteiger partial charge in [0.15, 0.2) is 0 Å². The van der Waals surface area contributed by atoms with Crippen LogP contribution in [-0.2, 0) is 16.6 Å². The summed E-state index contributed by atoms with van der Waals surface area (Å²) in [5.74, 6) is 0. The van der Waals surface area contributed by atoms with E-state index in [1.165, 1.54) is 4.31 Å². The van der Waals surface area contributed by atoms with Crippen LogP contribution in [0.5, 0.6) is 0 Å². The third kappa shape index (κ3) is 4.90. The molecule has 5 rings (SSSR count). The second-order valence-corrected chi connectivity index (χ2v) is 12.4. The molecule has 0 radical (unpaired) electrons. The van der Waals surface area contributed by atoms with Gasteiger partial charge in [0, 0.05) is 31.9 Å². The van der Waals surface area contributed by atoms with Gasteiger partial charge in [0.25, 0.3) is 10.0 Å². The van der Waals surface area contributed by atoms with Crippen molar-refractivity contribution in [3.05, 3.63) is 106 Å². The van der Waals surface area contributed by atoms with Gasteiger partial charge in [-0.3, -0.25) is 4.31 Å². The molecule has 5 aromatic rings. The Labute approximate surface area is 232 Å². The van der Waals surface area contributed by atoms with E-state index in [0.29, 0.717) is 15.7 Å². The largest absolute Gasteiger partial charge is 0.389 e. The van der Waals surface area contributed by atoms with Gasteiger partial charge in [0.2, 0.25) is 0 Å². The van der Waals surface area contributed by atoms with E-state index < -0.39 is 16.1 Å². The number of para-hydroxylation sites is 1. The maximum absolute atomic E-state index is 14.0. The minimum Gasteiger partial charge on any atom is -0.389 e. The number of aryl methyl sites for hydroxylation is 3. The van der Waals surface area contributed by atoms with E-state index in [1.807, 2.05) is 67.8 Å². The average molecular weight is 568 g/mol. The molecule has 1 unspecified atom stereocenters. The van der Waals surface area contributed by atoms with Gasteiger partial charge in [-0.2, -0.15) is 0 Å². The molecule has 0 amide bonds. The standard InChI is InChI=1S/C30H28Cl2N2O3S/c1-19-7-11-25(12-8-19)38(36,37)34(30-20(2)5-4-6-21(30)3)18-24(35)17-33-28-13-9-22(31)15-26(28)27-16-23(32)10-14-29(27)33/h4-16,24,35H,17-18H2,1-3H3. The predicted octanol–water partition coefficient (Wildman–Crippen LogP) is 7.28. The topological polar surface area (TPSA) is 62.5 Å². The summed E-state index contributed by atoms with van der Waals surface area (Å²) in [5, 5.41) is 14.5. The summed E-state index contributed by atoms with van der Waals surface area (Å²) in [7, 11) is -3.96. The van der Waals surface area contributed by atoms with Crippen LogP contribution in [0.3, 0.4) is 0 Å². The zero-order valence-electron chi connectivity index (χ0n) is 21.3. The maximum atomic E-state index is 14.0. The normalized spacial score (nSPS) is 12.8. The zero-order chi connectivity index (χ0) is 27.2. The van der Waals surface area contributed by atoms with Crippen molar-refractivity contribution in [2.45, 2.75) is 38.3 Å². The lowest BCUT2D eigenvalue weighted by Gasteiger charge is -2.30. The monoisotopic (exact) mass is 566 g/mol. The molecular formula is C30H28Cl2N2O3S. The Hall–Kier alpha value is -3.03. The number of hydrogen-bond donors (Lipinski definition) is 1. The number of aromatic nitrogens is 1. The van der Waals surface area contributed by atoms with Gasteiger partial charge in [0.05, 0.1) is 29.8 Å². The molecular weight excluding hydrogens is 539 g/mol. The third-order valence-corrected chi connectivity index (χ3v) is 9.11. The van der Waals surface area contributed by atoms with Gasteiger partial charge in [-0.25, -0.2) is 8.42 Å². The van der Waals surface area contributed by atoms with Gasteiger partial charge >= 0.3 is 0 Å². The van der Waals surface area contributed by atoms with Crippen LogP contribution in [0.15, 0.2) is 83.8 Å². The molecule has 0 aliphatic carbocycles. The maximum Gasteiger partial charge on any atom is 0.264 e. The number of hydrogen-bond acceptors (Lipinski definition) is 3. The van der Waals surface area contributed by atoms with Gasteiger partial charge < -0.3 is 9.67 Å². The van der Waals surface area contributed by atoms with Crippen molar-refractivity contribution < 1.29 is 13.5 Å². The summed E-state index contributed by atoms with van der Waals surface area (Å²) in [6, 6.07) is 23.6. The highest BCUT2D eigenvalue weighted by Crippen LogP contribution is 2.34. The van der Waals surface area contributed by atoms with Crippen molar-refractivity contribution in [2.24, 2.45) is 0 Å². The Morgan fingerprint density at radius 2 is 1.34 bits per heavy atom. The molecule has 0 aliphatic heterocycles. The molecule has 0 aliphatic rings. The van der Waals surface area contributed by atoms with Crippen LogP contribution in [0, 0.1) is 20.8 Å². The molecule has 4 aromatic carbocycles. The Balaban J connectivity index is 1.58. The molecule has 5 nitrogen and oxygen atoms in total. The van der Waals surface area contributed by atoms with E-state index in [4.69, 9.17) is 23.2 Å². The van der Waals surface area contributed by atoms with Crippen LogP contribution in [0.25, 0.3) is 21.8 Å². The van der Waals surface area contributed by atoms with Gasteiger partial charge in [0.1, 0.15) is 0 Å². The fourth-order valence-electron chi connectivity index (χ4n) is 5.05. The molecule has 38 heavy (non-hydrogen) atoms. The van der Waals surface area contributed by atoms with Crippen molar-refractivity contribution in [2.75, 3.05) is 10.8 Å². The number of aliphatic hydroxyl groups excluding tert-OH is 1. The lowest BCUT2D eigenvalue weighted by atomic mass is 10.1. The van der Waals surface area contributed by atoms with E-state index in [1.54, 1.807) is 36.4 Å². The Morgan fingerprint density at radius 3 is 1.87 bits per heavy atom. The van der Waals surface area contributed by atoms with Crippen molar-refractivity contribution in [3.8, 4) is 0 Å². The Kier molecular flexibility index (Phi) is 7.18. The number of halogens is 2. The number of fused-ring (bicyclic) bond motifs is 3. The average Bonchev–Trinajstić information content (AvgIpc) is 3.15. The van der Waals surface area contributed by atoms with Crippen LogP contribution in [0.2, 0.25) is 10.0 Å². The number of aliphatic hydroxyl groups is 1. The lowest BCUT2D eigenvalue weighted by Crippen LogP contribution is -2.40. The van der Waals surface area contributed by atoms with Crippen LogP contribution in [0.1, 0.15) is 16.7 Å². The second kappa shape index (κ2) is 10.3. The molecule has 8 heteroatoms. The molecule has 1 N–H and O–H groups in total. The predicted molar refractivity (Wildman–Crippen MR) is 157 cm³/mol. The van der Waals surface area contributed by atoms with Crippen LogP contribution in [0.4, 0.5) is 5.69 Å². The number of sulfonamides is 1. The van der Waals surface area contributed by atoms with E-state index in [2.05, 4.69) is 0 Å². The summed E-state index contributed by atoms with van der Waals surface area (Å²) in [6.07, 6.45) is -1.01. The fraction of sp³-hybridized carbons (Fsp3) is 0.200. The summed E-state index contributed by atoms with van der Waals surface area (Å²) in [6.45, 7) is 5.73. The lowest BCUT2D eigenvalue weighted by molar-refractivity contribution is 0.166. The van der Waals surface area contributed by atoms with E-state index in [9.17, 15) is 13.5 Å². The zero-order valence-corrected chi connectivity index (χ0v) is 23.6. The molecule has 0 fully saturated rings. The number of benzene rings is 4. The van der Waals surface area contributed by atoms with Crippen LogP contribution < -0.4 is 4.31 Å². The molecule has 0 saturated carbocycles. The molecule has 1 heterocycles.